The maximum Gasteiger partial charge on any atom is 0.305 e. The summed E-state index contributed by atoms with van der Waals surface area (Å²) in [7, 11) is 0. The van der Waals surface area contributed by atoms with E-state index in [2.05, 4.69) is 0 Å². The predicted octanol–water partition coefficient (Wildman–Crippen LogP) is 0.768. The van der Waals surface area contributed by atoms with Crippen LogP contribution in [0.3, 0.4) is 0 Å². The van der Waals surface area contributed by atoms with E-state index in [4.69, 9.17) is 10.8 Å². The lowest BCUT2D eigenvalue weighted by atomic mass is 9.99. The first-order valence-corrected chi connectivity index (χ1v) is 4.35. The van der Waals surface area contributed by atoms with Gasteiger partial charge in [-0.15, -0.1) is 0 Å². The van der Waals surface area contributed by atoms with Crippen LogP contribution in [0.1, 0.15) is 11.5 Å². The maximum atomic E-state index is 13.0. The van der Waals surface area contributed by atoms with Crippen molar-refractivity contribution < 1.29 is 14.4 Å². The molecule has 0 bridgehead atoms. The van der Waals surface area contributed by atoms with Crippen LogP contribution in [-0.2, 0) is 0 Å². The van der Waals surface area contributed by atoms with E-state index in [0.29, 0.717) is 5.56 Å². The minimum absolute atomic E-state index is 0.152. The molecular formula is C9H11FN2O3. The molecule has 0 heterocycles. The Morgan fingerprint density at radius 3 is 2.73 bits per heavy atom. The molecule has 1 unspecified atom stereocenters. The number of nitro groups is 1. The van der Waals surface area contributed by atoms with Crippen molar-refractivity contribution in [2.24, 2.45) is 5.73 Å². The zero-order chi connectivity index (χ0) is 11.4. The third-order valence-electron chi connectivity index (χ3n) is 2.14. The van der Waals surface area contributed by atoms with Crippen molar-refractivity contribution in [3.05, 3.63) is 39.7 Å². The second-order valence-corrected chi connectivity index (χ2v) is 3.08. The fourth-order valence-electron chi connectivity index (χ4n) is 1.24. The van der Waals surface area contributed by atoms with Gasteiger partial charge in [0.05, 0.1) is 11.5 Å². The first-order chi connectivity index (χ1) is 7.10. The second-order valence-electron chi connectivity index (χ2n) is 3.08. The number of aliphatic hydroxyl groups is 1. The molecule has 0 spiro atoms. The van der Waals surface area contributed by atoms with E-state index in [1.165, 1.54) is 6.07 Å². The Morgan fingerprint density at radius 2 is 2.27 bits per heavy atom. The van der Waals surface area contributed by atoms with Crippen molar-refractivity contribution in [2.75, 3.05) is 13.2 Å². The Hall–Kier alpha value is -1.53. The van der Waals surface area contributed by atoms with Crippen molar-refractivity contribution >= 4 is 5.69 Å². The molecule has 1 rings (SSSR count). The number of aliphatic hydroxyl groups excluding tert-OH is 1. The first kappa shape index (κ1) is 11.5. The molecule has 1 aromatic rings. The Morgan fingerprint density at radius 1 is 1.60 bits per heavy atom. The average molecular weight is 214 g/mol. The van der Waals surface area contributed by atoms with E-state index in [1.807, 2.05) is 0 Å². The van der Waals surface area contributed by atoms with Gasteiger partial charge in [0.1, 0.15) is 0 Å². The number of hydrogen-bond acceptors (Lipinski definition) is 4. The molecule has 3 N–H and O–H groups in total. The summed E-state index contributed by atoms with van der Waals surface area (Å²) < 4.78 is 13.0. The highest BCUT2D eigenvalue weighted by molar-refractivity contribution is 5.37. The van der Waals surface area contributed by atoms with Crippen LogP contribution >= 0.6 is 0 Å². The SMILES string of the molecule is NCC(CO)c1ccc(F)c([N+](=O)[O-])c1. The molecule has 0 aliphatic rings. The molecule has 15 heavy (non-hydrogen) atoms. The second kappa shape index (κ2) is 4.81. The molecule has 1 atom stereocenters. The van der Waals surface area contributed by atoms with Gasteiger partial charge in [-0.05, 0) is 11.6 Å². The Kier molecular flexibility index (Phi) is 3.70. The molecule has 82 valence electrons. The van der Waals surface area contributed by atoms with Gasteiger partial charge in [0.15, 0.2) is 0 Å². The van der Waals surface area contributed by atoms with Gasteiger partial charge in [-0.3, -0.25) is 10.1 Å². The van der Waals surface area contributed by atoms with E-state index in [0.717, 1.165) is 12.1 Å². The number of benzene rings is 1. The summed E-state index contributed by atoms with van der Waals surface area (Å²) in [6, 6.07) is 3.49. The third kappa shape index (κ3) is 2.48. The van der Waals surface area contributed by atoms with E-state index in [-0.39, 0.29) is 13.2 Å². The molecule has 0 saturated carbocycles. The number of nitro benzene ring substituents is 1. The third-order valence-corrected chi connectivity index (χ3v) is 2.14. The van der Waals surface area contributed by atoms with E-state index >= 15 is 0 Å². The minimum Gasteiger partial charge on any atom is -0.396 e. The number of halogens is 1. The van der Waals surface area contributed by atoms with Gasteiger partial charge in [0.25, 0.3) is 0 Å². The monoisotopic (exact) mass is 214 g/mol. The minimum atomic E-state index is -0.891. The van der Waals surface area contributed by atoms with Gasteiger partial charge in [-0.1, -0.05) is 6.07 Å². The van der Waals surface area contributed by atoms with Gasteiger partial charge in [0.2, 0.25) is 5.82 Å². The van der Waals surface area contributed by atoms with Gasteiger partial charge < -0.3 is 10.8 Å². The van der Waals surface area contributed by atoms with E-state index < -0.39 is 22.3 Å². The standard InChI is InChI=1S/C9H11FN2O3/c10-8-2-1-6(7(4-11)5-13)3-9(8)12(14)15/h1-3,7,13H,4-5,11H2. The average Bonchev–Trinajstić information content (AvgIpc) is 2.21. The summed E-state index contributed by atoms with van der Waals surface area (Å²) in [5, 5.41) is 19.4. The zero-order valence-electron chi connectivity index (χ0n) is 7.89. The van der Waals surface area contributed by atoms with Gasteiger partial charge in [-0.2, -0.15) is 4.39 Å². The molecule has 0 saturated heterocycles. The molecule has 0 amide bonds. The highest BCUT2D eigenvalue weighted by Gasteiger charge is 2.17. The van der Waals surface area contributed by atoms with Crippen LogP contribution in [0, 0.1) is 15.9 Å². The van der Waals surface area contributed by atoms with Crippen LogP contribution in [0.4, 0.5) is 10.1 Å². The Balaban J connectivity index is 3.11. The normalized spacial score (nSPS) is 12.5. The summed E-state index contributed by atoms with van der Waals surface area (Å²) >= 11 is 0. The maximum absolute atomic E-state index is 13.0. The van der Waals surface area contributed by atoms with E-state index in [1.54, 1.807) is 0 Å². The molecule has 0 radical (unpaired) electrons. The number of hydrogen-bond donors (Lipinski definition) is 2. The van der Waals surface area contributed by atoms with Gasteiger partial charge in [-0.25, -0.2) is 0 Å². The molecule has 1 aromatic carbocycles. The summed E-state index contributed by atoms with van der Waals surface area (Å²) in [5.74, 6) is -1.29. The highest BCUT2D eigenvalue weighted by Crippen LogP contribution is 2.23. The fraction of sp³-hybridized carbons (Fsp3) is 0.333. The van der Waals surface area contributed by atoms with Crippen LogP contribution in [-0.4, -0.2) is 23.2 Å². The fourth-order valence-corrected chi connectivity index (χ4v) is 1.24. The topological polar surface area (TPSA) is 89.4 Å². The zero-order valence-corrected chi connectivity index (χ0v) is 7.89. The van der Waals surface area contributed by atoms with Crippen molar-refractivity contribution in [3.8, 4) is 0 Å². The molecule has 0 fully saturated rings. The quantitative estimate of drug-likeness (QED) is 0.572. The van der Waals surface area contributed by atoms with Crippen molar-refractivity contribution in [2.45, 2.75) is 5.92 Å². The molecule has 5 nitrogen and oxygen atoms in total. The van der Waals surface area contributed by atoms with Crippen LogP contribution < -0.4 is 5.73 Å². The van der Waals surface area contributed by atoms with Crippen LogP contribution in [0.5, 0.6) is 0 Å². The van der Waals surface area contributed by atoms with Crippen molar-refractivity contribution in [1.29, 1.82) is 0 Å². The summed E-state index contributed by atoms with van der Waals surface area (Å²) in [6.07, 6.45) is 0. The summed E-state index contributed by atoms with van der Waals surface area (Å²) in [5.41, 5.74) is 5.22. The first-order valence-electron chi connectivity index (χ1n) is 4.35. The Bertz CT molecular complexity index is 366. The Labute approximate surface area is 85.5 Å². The van der Waals surface area contributed by atoms with Crippen LogP contribution in [0.2, 0.25) is 0 Å². The lowest BCUT2D eigenvalue weighted by Crippen LogP contribution is -2.16. The summed E-state index contributed by atoms with van der Waals surface area (Å²) in [6.45, 7) is -0.0709. The molecule has 0 aliphatic carbocycles. The highest BCUT2D eigenvalue weighted by atomic mass is 19.1. The number of rotatable bonds is 4. The largest absolute Gasteiger partial charge is 0.396 e. The summed E-state index contributed by atoms with van der Waals surface area (Å²) in [4.78, 5) is 9.64. The van der Waals surface area contributed by atoms with E-state index in [9.17, 15) is 14.5 Å². The molecule has 0 aromatic heterocycles. The van der Waals surface area contributed by atoms with Crippen molar-refractivity contribution in [3.63, 3.8) is 0 Å². The van der Waals surface area contributed by atoms with Gasteiger partial charge in [0, 0.05) is 18.5 Å². The van der Waals surface area contributed by atoms with Gasteiger partial charge >= 0.3 is 5.69 Å². The predicted molar refractivity (Wildman–Crippen MR) is 51.9 cm³/mol. The lowest BCUT2D eigenvalue weighted by Gasteiger charge is -2.11. The smallest absolute Gasteiger partial charge is 0.305 e. The molecule has 6 heteroatoms. The molecule has 0 aliphatic heterocycles. The number of nitrogens with zero attached hydrogens (tertiary/aromatic N) is 1. The lowest BCUT2D eigenvalue weighted by molar-refractivity contribution is -0.387. The number of nitrogens with two attached hydrogens (primary N) is 1. The van der Waals surface area contributed by atoms with Crippen LogP contribution in [0.25, 0.3) is 0 Å². The van der Waals surface area contributed by atoms with Crippen LogP contribution in [0.15, 0.2) is 18.2 Å². The molecular weight excluding hydrogens is 203 g/mol. The van der Waals surface area contributed by atoms with Crippen molar-refractivity contribution in [1.82, 2.24) is 0 Å².